The first-order valence-corrected chi connectivity index (χ1v) is 10.5. The van der Waals surface area contributed by atoms with Crippen LogP contribution in [-0.4, -0.2) is 29.0 Å². The second kappa shape index (κ2) is 5.95. The number of nitrogens with zero attached hydrogens (tertiary/aromatic N) is 3. The van der Waals surface area contributed by atoms with Crippen molar-refractivity contribution in [3.63, 3.8) is 0 Å². The lowest BCUT2D eigenvalue weighted by molar-refractivity contribution is -0.0444. The second-order valence-corrected chi connectivity index (χ2v) is 9.35. The Bertz CT molecular complexity index is 848. The molecule has 5 nitrogen and oxygen atoms in total. The van der Waals surface area contributed by atoms with Crippen LogP contribution in [0.3, 0.4) is 0 Å². The first kappa shape index (κ1) is 16.8. The molecule has 1 saturated carbocycles. The highest BCUT2D eigenvalue weighted by Crippen LogP contribution is 2.58. The Labute approximate surface area is 149 Å². The lowest BCUT2D eigenvalue weighted by Crippen LogP contribution is -2.61. The van der Waals surface area contributed by atoms with Gasteiger partial charge >= 0.3 is 0 Å². The standard InChI is InChI=1S/C19H25N3O2S/c1-15-13-20-21(2)18(15)25(23,24)22-14-19(11-7-4-8-12-19)17(22)16-9-5-3-6-10-16/h3,5-6,9-10,13,17H,4,7-8,11-12,14H2,1-2H3. The zero-order valence-electron chi connectivity index (χ0n) is 14.9. The van der Waals surface area contributed by atoms with E-state index in [1.54, 1.807) is 17.5 Å². The summed E-state index contributed by atoms with van der Waals surface area (Å²) >= 11 is 0. The highest BCUT2D eigenvalue weighted by molar-refractivity contribution is 7.89. The minimum Gasteiger partial charge on any atom is -0.256 e. The summed E-state index contributed by atoms with van der Waals surface area (Å²) < 4.78 is 30.0. The molecule has 1 aliphatic heterocycles. The Morgan fingerprint density at radius 2 is 1.80 bits per heavy atom. The summed E-state index contributed by atoms with van der Waals surface area (Å²) in [6.07, 6.45) is 7.51. The number of aryl methyl sites for hydroxylation is 2. The van der Waals surface area contributed by atoms with E-state index < -0.39 is 10.0 Å². The molecule has 2 aromatic rings. The van der Waals surface area contributed by atoms with Crippen LogP contribution < -0.4 is 0 Å². The third kappa shape index (κ3) is 2.54. The Morgan fingerprint density at radius 1 is 1.12 bits per heavy atom. The molecule has 0 N–H and O–H groups in total. The van der Waals surface area contributed by atoms with Crippen molar-refractivity contribution in [2.45, 2.75) is 50.1 Å². The largest absolute Gasteiger partial charge is 0.261 e. The van der Waals surface area contributed by atoms with Gasteiger partial charge in [0.2, 0.25) is 0 Å². The summed E-state index contributed by atoms with van der Waals surface area (Å²) in [6, 6.07) is 10.1. The number of hydrogen-bond acceptors (Lipinski definition) is 3. The molecule has 1 atom stereocenters. The number of hydrogen-bond donors (Lipinski definition) is 0. The molecule has 1 saturated heterocycles. The minimum absolute atomic E-state index is 0.0618. The number of benzene rings is 1. The van der Waals surface area contributed by atoms with Crippen molar-refractivity contribution < 1.29 is 8.42 Å². The molecule has 0 bridgehead atoms. The molecule has 1 unspecified atom stereocenters. The first-order chi connectivity index (χ1) is 12.0. The van der Waals surface area contributed by atoms with E-state index in [0.29, 0.717) is 17.1 Å². The number of rotatable bonds is 3. The summed E-state index contributed by atoms with van der Waals surface area (Å²) in [6.45, 7) is 2.44. The molecule has 1 spiro atoms. The topological polar surface area (TPSA) is 55.2 Å². The van der Waals surface area contributed by atoms with E-state index in [9.17, 15) is 8.42 Å². The SMILES string of the molecule is Cc1cnn(C)c1S(=O)(=O)N1CC2(CCCCC2)C1c1ccccc1. The van der Waals surface area contributed by atoms with Crippen LogP contribution in [0.4, 0.5) is 0 Å². The maximum atomic E-state index is 13.4. The third-order valence-electron chi connectivity index (χ3n) is 5.91. The van der Waals surface area contributed by atoms with Gasteiger partial charge in [0.15, 0.2) is 5.03 Å². The molecule has 6 heteroatoms. The van der Waals surface area contributed by atoms with Crippen molar-refractivity contribution in [1.82, 2.24) is 14.1 Å². The van der Waals surface area contributed by atoms with E-state index in [0.717, 1.165) is 18.4 Å². The van der Waals surface area contributed by atoms with E-state index in [2.05, 4.69) is 17.2 Å². The average Bonchev–Trinajstić information content (AvgIpc) is 2.94. The fourth-order valence-corrected chi connectivity index (χ4v) is 6.88. The van der Waals surface area contributed by atoms with Crippen LogP contribution in [-0.2, 0) is 17.1 Å². The molecule has 4 rings (SSSR count). The second-order valence-electron chi connectivity index (χ2n) is 7.54. The summed E-state index contributed by atoms with van der Waals surface area (Å²) in [5, 5.41) is 4.45. The zero-order valence-corrected chi connectivity index (χ0v) is 15.7. The predicted molar refractivity (Wildman–Crippen MR) is 96.5 cm³/mol. The van der Waals surface area contributed by atoms with E-state index >= 15 is 0 Å². The van der Waals surface area contributed by atoms with Gasteiger partial charge in [0.05, 0.1) is 12.2 Å². The van der Waals surface area contributed by atoms with Crippen LogP contribution in [0.15, 0.2) is 41.6 Å². The van der Waals surface area contributed by atoms with E-state index in [1.165, 1.54) is 23.9 Å². The predicted octanol–water partition coefficient (Wildman–Crippen LogP) is 3.42. The first-order valence-electron chi connectivity index (χ1n) is 9.01. The highest BCUT2D eigenvalue weighted by atomic mass is 32.2. The van der Waals surface area contributed by atoms with E-state index in [1.807, 2.05) is 25.1 Å². The molecule has 25 heavy (non-hydrogen) atoms. The van der Waals surface area contributed by atoms with Crippen molar-refractivity contribution in [3.05, 3.63) is 47.7 Å². The van der Waals surface area contributed by atoms with Crippen molar-refractivity contribution in [3.8, 4) is 0 Å². The van der Waals surface area contributed by atoms with Gasteiger partial charge in [-0.05, 0) is 25.3 Å². The molecular weight excluding hydrogens is 334 g/mol. The van der Waals surface area contributed by atoms with Crippen molar-refractivity contribution >= 4 is 10.0 Å². The normalized spacial score (nSPS) is 23.5. The van der Waals surface area contributed by atoms with Gasteiger partial charge in [0, 0.05) is 24.6 Å². The van der Waals surface area contributed by atoms with Crippen LogP contribution in [0.25, 0.3) is 0 Å². The van der Waals surface area contributed by atoms with Gasteiger partial charge in [-0.3, -0.25) is 4.68 Å². The van der Waals surface area contributed by atoms with Gasteiger partial charge in [0.25, 0.3) is 10.0 Å². The quantitative estimate of drug-likeness (QED) is 0.844. The van der Waals surface area contributed by atoms with E-state index in [4.69, 9.17) is 0 Å². The fourth-order valence-electron chi connectivity index (χ4n) is 4.77. The lowest BCUT2D eigenvalue weighted by atomic mass is 9.62. The Morgan fingerprint density at radius 3 is 2.40 bits per heavy atom. The van der Waals surface area contributed by atoms with Crippen LogP contribution in [0.1, 0.15) is 49.3 Å². The highest BCUT2D eigenvalue weighted by Gasteiger charge is 2.58. The summed E-state index contributed by atoms with van der Waals surface area (Å²) in [4.78, 5) is 0. The van der Waals surface area contributed by atoms with Gasteiger partial charge in [-0.15, -0.1) is 0 Å². The van der Waals surface area contributed by atoms with Crippen molar-refractivity contribution in [2.75, 3.05) is 6.54 Å². The van der Waals surface area contributed by atoms with Crippen LogP contribution >= 0.6 is 0 Å². The average molecular weight is 359 g/mol. The van der Waals surface area contributed by atoms with Gasteiger partial charge < -0.3 is 0 Å². The van der Waals surface area contributed by atoms with Crippen LogP contribution in [0, 0.1) is 12.3 Å². The lowest BCUT2D eigenvalue weighted by Gasteiger charge is -2.58. The minimum atomic E-state index is -3.56. The van der Waals surface area contributed by atoms with Gasteiger partial charge in [0.1, 0.15) is 0 Å². The molecule has 2 aliphatic rings. The van der Waals surface area contributed by atoms with Gasteiger partial charge in [-0.1, -0.05) is 49.6 Å². The Hall–Kier alpha value is -1.66. The van der Waals surface area contributed by atoms with Crippen molar-refractivity contribution in [1.29, 1.82) is 0 Å². The van der Waals surface area contributed by atoms with Crippen LogP contribution in [0.5, 0.6) is 0 Å². The Balaban J connectivity index is 1.77. The molecule has 134 valence electrons. The molecule has 0 amide bonds. The Kier molecular flexibility index (Phi) is 4.00. The monoisotopic (exact) mass is 359 g/mol. The maximum Gasteiger partial charge on any atom is 0.261 e. The summed E-state index contributed by atoms with van der Waals surface area (Å²) in [5.41, 5.74) is 1.91. The molecule has 1 aromatic carbocycles. The van der Waals surface area contributed by atoms with Gasteiger partial charge in [-0.2, -0.15) is 9.40 Å². The van der Waals surface area contributed by atoms with Gasteiger partial charge in [-0.25, -0.2) is 8.42 Å². The van der Waals surface area contributed by atoms with Crippen LogP contribution in [0.2, 0.25) is 0 Å². The number of aromatic nitrogens is 2. The third-order valence-corrected chi connectivity index (χ3v) is 7.94. The molecule has 1 aliphatic carbocycles. The molecule has 1 aromatic heterocycles. The summed E-state index contributed by atoms with van der Waals surface area (Å²) in [7, 11) is -1.86. The zero-order chi connectivity index (χ0) is 17.7. The maximum absolute atomic E-state index is 13.4. The molecular formula is C19H25N3O2S. The molecule has 0 radical (unpaired) electrons. The molecule has 2 heterocycles. The van der Waals surface area contributed by atoms with Crippen molar-refractivity contribution in [2.24, 2.45) is 12.5 Å². The number of sulfonamides is 1. The molecule has 2 fully saturated rings. The fraction of sp³-hybridized carbons (Fsp3) is 0.526. The summed E-state index contributed by atoms with van der Waals surface area (Å²) in [5.74, 6) is 0. The van der Waals surface area contributed by atoms with E-state index in [-0.39, 0.29) is 11.5 Å². The smallest absolute Gasteiger partial charge is 0.256 e.